The Morgan fingerprint density at radius 3 is 2.50 bits per heavy atom. The molecule has 1 N–H and O–H groups in total. The van der Waals surface area contributed by atoms with Crippen molar-refractivity contribution >= 4 is 0 Å². The van der Waals surface area contributed by atoms with E-state index in [0.29, 0.717) is 25.0 Å². The lowest BCUT2D eigenvalue weighted by Gasteiger charge is -2.10. The van der Waals surface area contributed by atoms with Gasteiger partial charge in [-0.2, -0.15) is 0 Å². The first-order chi connectivity index (χ1) is 7.79. The largest absolute Gasteiger partial charge is 0.478 e. The van der Waals surface area contributed by atoms with E-state index in [2.05, 4.69) is 22.2 Å². The number of rotatable bonds is 7. The van der Waals surface area contributed by atoms with Crippen LogP contribution in [-0.2, 0) is 0 Å². The van der Waals surface area contributed by atoms with Crippen molar-refractivity contribution < 1.29 is 9.47 Å². The maximum absolute atomic E-state index is 5.53. The molecule has 0 bridgehead atoms. The quantitative estimate of drug-likeness (QED) is 0.706. The van der Waals surface area contributed by atoms with Crippen LogP contribution in [0.25, 0.3) is 0 Å². The first-order valence-electron chi connectivity index (χ1n) is 5.57. The minimum absolute atomic E-state index is 0.592. The molecule has 90 valence electrons. The van der Waals surface area contributed by atoms with Gasteiger partial charge in [-0.05, 0) is 20.4 Å². The predicted octanol–water partition coefficient (Wildman–Crippen LogP) is 1.17. The molecule has 0 saturated heterocycles. The molecule has 0 fully saturated rings. The summed E-state index contributed by atoms with van der Waals surface area (Å²) in [4.78, 5) is 8.12. The minimum Gasteiger partial charge on any atom is -0.478 e. The van der Waals surface area contributed by atoms with E-state index >= 15 is 0 Å². The Kier molecular flexibility index (Phi) is 5.56. The fraction of sp³-hybridized carbons (Fsp3) is 0.636. The zero-order valence-electron chi connectivity index (χ0n) is 10.1. The lowest BCUT2D eigenvalue weighted by molar-refractivity contribution is 0.288. The summed E-state index contributed by atoms with van der Waals surface area (Å²) in [5, 5.41) is 3.18. The van der Waals surface area contributed by atoms with E-state index in [9.17, 15) is 0 Å². The summed E-state index contributed by atoms with van der Waals surface area (Å²) in [5.41, 5.74) is 0.848. The lowest BCUT2D eigenvalue weighted by Crippen LogP contribution is -2.20. The molecule has 0 spiro atoms. The van der Waals surface area contributed by atoms with Crippen molar-refractivity contribution in [2.24, 2.45) is 0 Å². The Balaban J connectivity index is 2.55. The molecule has 0 radical (unpaired) electrons. The van der Waals surface area contributed by atoms with Gasteiger partial charge in [-0.1, -0.05) is 6.92 Å². The van der Waals surface area contributed by atoms with Crippen LogP contribution in [-0.4, -0.2) is 36.3 Å². The molecule has 1 rings (SSSR count). The second-order valence-corrected chi connectivity index (χ2v) is 3.24. The van der Waals surface area contributed by atoms with E-state index in [4.69, 9.17) is 9.47 Å². The van der Waals surface area contributed by atoms with Gasteiger partial charge in [0.25, 0.3) is 0 Å². The van der Waals surface area contributed by atoms with E-state index < -0.39 is 0 Å². The molecular weight excluding hydrogens is 206 g/mol. The van der Waals surface area contributed by atoms with Crippen LogP contribution in [0.2, 0.25) is 0 Å². The van der Waals surface area contributed by atoms with Crippen molar-refractivity contribution in [2.75, 3.05) is 26.3 Å². The molecule has 1 aromatic rings. The molecule has 0 atom stereocenters. The van der Waals surface area contributed by atoms with Crippen molar-refractivity contribution in [3.63, 3.8) is 0 Å². The van der Waals surface area contributed by atoms with Crippen LogP contribution in [0.5, 0.6) is 11.8 Å². The highest BCUT2D eigenvalue weighted by Crippen LogP contribution is 2.21. The first kappa shape index (κ1) is 12.7. The van der Waals surface area contributed by atoms with Gasteiger partial charge in [-0.15, -0.1) is 0 Å². The number of nitrogens with one attached hydrogen (secondary N) is 1. The highest BCUT2D eigenvalue weighted by Gasteiger charge is 2.08. The van der Waals surface area contributed by atoms with Gasteiger partial charge in [0.1, 0.15) is 12.9 Å². The normalized spacial score (nSPS) is 10.2. The fourth-order valence-corrected chi connectivity index (χ4v) is 1.24. The molecule has 0 aliphatic rings. The Morgan fingerprint density at radius 2 is 1.88 bits per heavy atom. The zero-order chi connectivity index (χ0) is 11.8. The third kappa shape index (κ3) is 3.66. The SMILES string of the molecule is CCNCCOc1ncnc(OCC)c1C. The molecule has 16 heavy (non-hydrogen) atoms. The average Bonchev–Trinajstić information content (AvgIpc) is 2.29. The molecule has 0 aromatic carbocycles. The van der Waals surface area contributed by atoms with E-state index in [-0.39, 0.29) is 0 Å². The highest BCUT2D eigenvalue weighted by atomic mass is 16.5. The smallest absolute Gasteiger partial charge is 0.223 e. The van der Waals surface area contributed by atoms with Gasteiger partial charge in [0.15, 0.2) is 0 Å². The van der Waals surface area contributed by atoms with E-state index in [0.717, 1.165) is 18.7 Å². The lowest BCUT2D eigenvalue weighted by atomic mass is 10.3. The van der Waals surface area contributed by atoms with Crippen molar-refractivity contribution in [3.05, 3.63) is 11.9 Å². The topological polar surface area (TPSA) is 56.3 Å². The molecule has 5 nitrogen and oxygen atoms in total. The summed E-state index contributed by atoms with van der Waals surface area (Å²) in [6.45, 7) is 8.82. The van der Waals surface area contributed by atoms with Crippen LogP contribution in [0.15, 0.2) is 6.33 Å². The van der Waals surface area contributed by atoms with Gasteiger partial charge in [-0.3, -0.25) is 0 Å². The third-order valence-electron chi connectivity index (χ3n) is 2.04. The van der Waals surface area contributed by atoms with E-state index in [1.54, 1.807) is 0 Å². The van der Waals surface area contributed by atoms with Crippen LogP contribution in [0, 0.1) is 6.92 Å². The van der Waals surface area contributed by atoms with Crippen LogP contribution in [0.3, 0.4) is 0 Å². The number of ether oxygens (including phenoxy) is 2. The molecule has 0 aliphatic heterocycles. The summed E-state index contributed by atoms with van der Waals surface area (Å²) >= 11 is 0. The first-order valence-corrected chi connectivity index (χ1v) is 5.57. The summed E-state index contributed by atoms with van der Waals surface area (Å²) in [7, 11) is 0. The summed E-state index contributed by atoms with van der Waals surface area (Å²) in [6, 6.07) is 0. The molecule has 0 saturated carbocycles. The number of hydrogen-bond acceptors (Lipinski definition) is 5. The van der Waals surface area contributed by atoms with Gasteiger partial charge in [0.05, 0.1) is 12.2 Å². The number of nitrogens with zero attached hydrogens (tertiary/aromatic N) is 2. The van der Waals surface area contributed by atoms with Crippen molar-refractivity contribution in [3.8, 4) is 11.8 Å². The summed E-state index contributed by atoms with van der Waals surface area (Å²) in [6.07, 6.45) is 1.46. The van der Waals surface area contributed by atoms with E-state index in [1.807, 2.05) is 13.8 Å². The maximum atomic E-state index is 5.53. The van der Waals surface area contributed by atoms with Crippen LogP contribution < -0.4 is 14.8 Å². The van der Waals surface area contributed by atoms with Crippen LogP contribution in [0.1, 0.15) is 19.4 Å². The highest BCUT2D eigenvalue weighted by molar-refractivity contribution is 5.32. The van der Waals surface area contributed by atoms with E-state index in [1.165, 1.54) is 6.33 Å². The van der Waals surface area contributed by atoms with Crippen LogP contribution in [0.4, 0.5) is 0 Å². The monoisotopic (exact) mass is 225 g/mol. The predicted molar refractivity (Wildman–Crippen MR) is 62.0 cm³/mol. The molecule has 5 heteroatoms. The van der Waals surface area contributed by atoms with Crippen molar-refractivity contribution in [1.29, 1.82) is 0 Å². The number of aromatic nitrogens is 2. The molecule has 0 unspecified atom stereocenters. The minimum atomic E-state index is 0.592. The van der Waals surface area contributed by atoms with Gasteiger partial charge < -0.3 is 14.8 Å². The molecular formula is C11H19N3O2. The van der Waals surface area contributed by atoms with Gasteiger partial charge in [0.2, 0.25) is 11.8 Å². The van der Waals surface area contributed by atoms with Crippen molar-refractivity contribution in [2.45, 2.75) is 20.8 Å². The van der Waals surface area contributed by atoms with Gasteiger partial charge in [0, 0.05) is 6.54 Å². The third-order valence-corrected chi connectivity index (χ3v) is 2.04. The molecule has 1 heterocycles. The molecule has 0 aliphatic carbocycles. The number of hydrogen-bond donors (Lipinski definition) is 1. The zero-order valence-corrected chi connectivity index (χ0v) is 10.1. The van der Waals surface area contributed by atoms with Gasteiger partial charge >= 0.3 is 0 Å². The summed E-state index contributed by atoms with van der Waals surface area (Å²) in [5.74, 6) is 1.19. The van der Waals surface area contributed by atoms with Crippen LogP contribution >= 0.6 is 0 Å². The fourth-order valence-electron chi connectivity index (χ4n) is 1.24. The standard InChI is InChI=1S/C11H19N3O2/c1-4-12-6-7-16-11-9(3)10(15-5-2)13-8-14-11/h8,12H,4-7H2,1-3H3. The second kappa shape index (κ2) is 7.00. The number of likely N-dealkylation sites (N-methyl/N-ethyl adjacent to an activating group) is 1. The Hall–Kier alpha value is -1.36. The summed E-state index contributed by atoms with van der Waals surface area (Å²) < 4.78 is 10.9. The Morgan fingerprint density at radius 1 is 1.19 bits per heavy atom. The van der Waals surface area contributed by atoms with Gasteiger partial charge in [-0.25, -0.2) is 9.97 Å². The average molecular weight is 225 g/mol. The molecule has 0 amide bonds. The Labute approximate surface area is 96.2 Å². The van der Waals surface area contributed by atoms with Crippen molar-refractivity contribution in [1.82, 2.24) is 15.3 Å². The molecule has 1 aromatic heterocycles. The maximum Gasteiger partial charge on any atom is 0.223 e. The second-order valence-electron chi connectivity index (χ2n) is 3.24. The Bertz CT molecular complexity index is 318.